The Hall–Kier alpha value is -4.15. The van der Waals surface area contributed by atoms with E-state index in [9.17, 15) is 14.4 Å². The SMILES string of the molecule is CC(=O)NCC1(C(=O)Nc2cccc(OC(=O)N(C)C)c2)CCN(c2ncnc3[nH]cc(C)c23)CC1. The van der Waals surface area contributed by atoms with Crippen LogP contribution >= 0.6 is 0 Å². The lowest BCUT2D eigenvalue weighted by atomic mass is 9.77. The van der Waals surface area contributed by atoms with Crippen molar-refractivity contribution in [2.75, 3.05) is 43.9 Å². The molecule has 0 unspecified atom stereocenters. The Morgan fingerprint density at radius 2 is 1.94 bits per heavy atom. The molecule has 1 fully saturated rings. The zero-order valence-corrected chi connectivity index (χ0v) is 20.9. The monoisotopic (exact) mass is 493 g/mol. The molecule has 1 aliphatic heterocycles. The Balaban J connectivity index is 1.52. The maximum Gasteiger partial charge on any atom is 0.414 e. The highest BCUT2D eigenvalue weighted by Gasteiger charge is 2.42. The number of nitrogens with one attached hydrogen (secondary N) is 3. The molecule has 4 rings (SSSR count). The minimum absolute atomic E-state index is 0.192. The van der Waals surface area contributed by atoms with E-state index in [-0.39, 0.29) is 18.4 Å². The molecule has 1 aromatic carbocycles. The molecule has 2 aromatic heterocycles. The predicted molar refractivity (Wildman–Crippen MR) is 136 cm³/mol. The third-order valence-electron chi connectivity index (χ3n) is 6.49. The van der Waals surface area contributed by atoms with Gasteiger partial charge in [0.1, 0.15) is 23.5 Å². The minimum atomic E-state index is -0.808. The zero-order chi connectivity index (χ0) is 25.9. The van der Waals surface area contributed by atoms with E-state index < -0.39 is 11.5 Å². The van der Waals surface area contributed by atoms with Crippen LogP contribution in [-0.4, -0.2) is 71.5 Å². The summed E-state index contributed by atoms with van der Waals surface area (Å²) in [5, 5.41) is 6.77. The van der Waals surface area contributed by atoms with Crippen LogP contribution in [-0.2, 0) is 9.59 Å². The number of ether oxygens (including phenoxy) is 1. The lowest BCUT2D eigenvalue weighted by Gasteiger charge is -2.41. The highest BCUT2D eigenvalue weighted by Crippen LogP contribution is 2.36. The van der Waals surface area contributed by atoms with Gasteiger partial charge in [0.2, 0.25) is 11.8 Å². The van der Waals surface area contributed by atoms with Crippen LogP contribution < -0.4 is 20.3 Å². The fraction of sp³-hybridized carbons (Fsp3) is 0.400. The zero-order valence-electron chi connectivity index (χ0n) is 20.9. The highest BCUT2D eigenvalue weighted by molar-refractivity contribution is 5.96. The highest BCUT2D eigenvalue weighted by atomic mass is 16.6. The van der Waals surface area contributed by atoms with Gasteiger partial charge in [-0.25, -0.2) is 14.8 Å². The second-order valence-corrected chi connectivity index (χ2v) is 9.31. The summed E-state index contributed by atoms with van der Waals surface area (Å²) in [4.78, 5) is 52.7. The molecular weight excluding hydrogens is 462 g/mol. The van der Waals surface area contributed by atoms with E-state index >= 15 is 0 Å². The molecule has 0 aliphatic carbocycles. The molecule has 3 aromatic rings. The number of carbonyl (C=O) groups is 3. The number of H-pyrrole nitrogens is 1. The number of aromatic nitrogens is 3. The van der Waals surface area contributed by atoms with Gasteiger partial charge in [-0.3, -0.25) is 9.59 Å². The normalized spacial score (nSPS) is 14.8. The summed E-state index contributed by atoms with van der Waals surface area (Å²) in [6.45, 7) is 4.85. The molecule has 0 saturated carbocycles. The molecule has 0 bridgehead atoms. The van der Waals surface area contributed by atoms with Gasteiger partial charge >= 0.3 is 6.09 Å². The second kappa shape index (κ2) is 10.2. The van der Waals surface area contributed by atoms with Crippen LogP contribution in [0.5, 0.6) is 5.75 Å². The van der Waals surface area contributed by atoms with Gasteiger partial charge in [0, 0.05) is 58.6 Å². The molecule has 3 amide bonds. The number of benzene rings is 1. The number of aromatic amines is 1. The second-order valence-electron chi connectivity index (χ2n) is 9.31. The molecule has 0 atom stereocenters. The van der Waals surface area contributed by atoms with Crippen LogP contribution in [0.1, 0.15) is 25.3 Å². The first-order valence-electron chi connectivity index (χ1n) is 11.8. The van der Waals surface area contributed by atoms with Gasteiger partial charge in [-0.2, -0.15) is 0 Å². The number of amides is 3. The number of hydrogen-bond acceptors (Lipinski definition) is 7. The van der Waals surface area contributed by atoms with Gasteiger partial charge in [-0.1, -0.05) is 6.07 Å². The van der Waals surface area contributed by atoms with Crippen molar-refractivity contribution in [3.63, 3.8) is 0 Å². The number of hydrogen-bond donors (Lipinski definition) is 3. The number of carbonyl (C=O) groups excluding carboxylic acids is 3. The molecule has 1 aliphatic rings. The standard InChI is InChI=1S/C25H31N7O4/c1-16-13-26-21-20(16)22(29-15-28-21)32-10-8-25(9-11-32,14-27-17(2)33)23(34)30-18-6-5-7-19(12-18)36-24(35)31(3)4/h5-7,12-13,15H,8-11,14H2,1-4H3,(H,27,33)(H,30,34)(H,26,28,29). The van der Waals surface area contributed by atoms with Crippen molar-refractivity contribution in [2.45, 2.75) is 26.7 Å². The van der Waals surface area contributed by atoms with Gasteiger partial charge < -0.3 is 30.2 Å². The van der Waals surface area contributed by atoms with Gasteiger partial charge in [-0.15, -0.1) is 0 Å². The minimum Gasteiger partial charge on any atom is -0.410 e. The first-order valence-corrected chi connectivity index (χ1v) is 11.8. The largest absolute Gasteiger partial charge is 0.414 e. The lowest BCUT2D eigenvalue weighted by Crippen LogP contribution is -2.52. The molecule has 11 heteroatoms. The summed E-state index contributed by atoms with van der Waals surface area (Å²) in [6, 6.07) is 6.69. The topological polar surface area (TPSA) is 133 Å². The summed E-state index contributed by atoms with van der Waals surface area (Å²) >= 11 is 0. The first kappa shape index (κ1) is 25.0. The number of aryl methyl sites for hydroxylation is 1. The van der Waals surface area contributed by atoms with Crippen LogP contribution in [0.3, 0.4) is 0 Å². The van der Waals surface area contributed by atoms with E-state index in [0.717, 1.165) is 22.4 Å². The fourth-order valence-electron chi connectivity index (χ4n) is 4.35. The van der Waals surface area contributed by atoms with E-state index in [1.165, 1.54) is 18.2 Å². The molecule has 190 valence electrons. The summed E-state index contributed by atoms with van der Waals surface area (Å²) in [5.41, 5.74) is 1.54. The van der Waals surface area contributed by atoms with E-state index in [1.54, 1.807) is 38.4 Å². The van der Waals surface area contributed by atoms with Crippen LogP contribution in [0.4, 0.5) is 16.3 Å². The molecule has 11 nitrogen and oxygen atoms in total. The van der Waals surface area contributed by atoms with Crippen molar-refractivity contribution < 1.29 is 19.1 Å². The summed E-state index contributed by atoms with van der Waals surface area (Å²) in [6.07, 6.45) is 3.97. The summed E-state index contributed by atoms with van der Waals surface area (Å²) < 4.78 is 5.31. The average molecular weight is 494 g/mol. The molecule has 3 N–H and O–H groups in total. The molecule has 0 radical (unpaired) electrons. The number of fused-ring (bicyclic) bond motifs is 1. The van der Waals surface area contributed by atoms with E-state index in [0.29, 0.717) is 37.4 Å². The van der Waals surface area contributed by atoms with Crippen molar-refractivity contribution in [3.8, 4) is 5.75 Å². The summed E-state index contributed by atoms with van der Waals surface area (Å²) in [7, 11) is 3.19. The molecule has 1 saturated heterocycles. The van der Waals surface area contributed by atoms with E-state index in [1.807, 2.05) is 13.1 Å². The Kier molecular flexibility index (Phi) is 7.09. The third-order valence-corrected chi connectivity index (χ3v) is 6.49. The Bertz CT molecular complexity index is 1280. The van der Waals surface area contributed by atoms with E-state index in [2.05, 4.69) is 30.5 Å². The lowest BCUT2D eigenvalue weighted by molar-refractivity contribution is -0.127. The number of anilines is 2. The van der Waals surface area contributed by atoms with E-state index in [4.69, 9.17) is 4.74 Å². The van der Waals surface area contributed by atoms with Crippen molar-refractivity contribution in [1.82, 2.24) is 25.2 Å². The van der Waals surface area contributed by atoms with Crippen molar-refractivity contribution in [3.05, 3.63) is 42.4 Å². The average Bonchev–Trinajstić information content (AvgIpc) is 3.24. The van der Waals surface area contributed by atoms with Gasteiger partial charge in [0.05, 0.1) is 10.8 Å². The first-order chi connectivity index (χ1) is 17.2. The van der Waals surface area contributed by atoms with Gasteiger partial charge in [0.15, 0.2) is 0 Å². The Morgan fingerprint density at radius 3 is 2.64 bits per heavy atom. The third kappa shape index (κ3) is 5.24. The molecule has 3 heterocycles. The number of rotatable bonds is 6. The van der Waals surface area contributed by atoms with Crippen molar-refractivity contribution >= 4 is 40.4 Å². The van der Waals surface area contributed by atoms with Crippen molar-refractivity contribution in [1.29, 1.82) is 0 Å². The van der Waals surface area contributed by atoms with Gasteiger partial charge in [-0.05, 0) is 37.5 Å². The Morgan fingerprint density at radius 1 is 1.19 bits per heavy atom. The quantitative estimate of drug-likeness (QED) is 0.481. The van der Waals surface area contributed by atoms with Gasteiger partial charge in [0.25, 0.3) is 0 Å². The molecule has 0 spiro atoms. The Labute approximate surface area is 209 Å². The number of nitrogens with zero attached hydrogens (tertiary/aromatic N) is 4. The molecule has 36 heavy (non-hydrogen) atoms. The van der Waals surface area contributed by atoms with Crippen LogP contribution in [0.25, 0.3) is 11.0 Å². The maximum atomic E-state index is 13.6. The summed E-state index contributed by atoms with van der Waals surface area (Å²) in [5.74, 6) is 0.773. The van der Waals surface area contributed by atoms with Crippen LogP contribution in [0.15, 0.2) is 36.8 Å². The smallest absolute Gasteiger partial charge is 0.410 e. The van der Waals surface area contributed by atoms with Crippen LogP contribution in [0.2, 0.25) is 0 Å². The maximum absolute atomic E-state index is 13.6. The van der Waals surface area contributed by atoms with Crippen LogP contribution in [0, 0.1) is 12.3 Å². The predicted octanol–water partition coefficient (Wildman–Crippen LogP) is 2.69. The van der Waals surface area contributed by atoms with Crippen molar-refractivity contribution in [2.24, 2.45) is 5.41 Å². The molecular formula is C25H31N7O4. The number of piperidine rings is 1. The fourth-order valence-corrected chi connectivity index (χ4v) is 4.35.